The molecule has 2 aliphatic rings. The molecule has 1 aromatic rings. The zero-order valence-electron chi connectivity index (χ0n) is 12.5. The van der Waals surface area contributed by atoms with Crippen LogP contribution < -0.4 is 5.32 Å². The fraction of sp³-hybridized carbons (Fsp3) is 0.438. The number of nitrogens with zero attached hydrogens (tertiary/aromatic N) is 2. The highest BCUT2D eigenvalue weighted by Gasteiger charge is 2.47. The number of fused-ring (bicyclic) bond motifs is 1. The van der Waals surface area contributed by atoms with Crippen LogP contribution in [0, 0.1) is 0 Å². The van der Waals surface area contributed by atoms with Gasteiger partial charge in [-0.3, -0.25) is 14.5 Å². The summed E-state index contributed by atoms with van der Waals surface area (Å²) in [6.45, 7) is 2.70. The molecule has 1 aromatic carbocycles. The Kier molecular flexibility index (Phi) is 3.83. The molecule has 0 bridgehead atoms. The van der Waals surface area contributed by atoms with E-state index < -0.39 is 0 Å². The van der Waals surface area contributed by atoms with E-state index in [1.807, 2.05) is 12.1 Å². The van der Waals surface area contributed by atoms with E-state index in [2.05, 4.69) is 5.32 Å². The Labute approximate surface area is 129 Å². The van der Waals surface area contributed by atoms with Crippen molar-refractivity contribution >= 4 is 23.5 Å². The number of nitrogens with one attached hydrogen (secondary N) is 1. The van der Waals surface area contributed by atoms with Crippen LogP contribution >= 0.6 is 0 Å². The molecule has 2 aliphatic heterocycles. The van der Waals surface area contributed by atoms with Gasteiger partial charge in [0.2, 0.25) is 5.91 Å². The standard InChI is InChI=1S/C16H19N3O3/c1-2-14(20)17-12-6-3-5-11(9-12)10-19-15(21)13-7-4-8-18(13)16(19)22/h3,5-6,9,13H,2,4,7-8,10H2,1H3,(H,17,20). The van der Waals surface area contributed by atoms with Gasteiger partial charge in [0.1, 0.15) is 6.04 Å². The quantitative estimate of drug-likeness (QED) is 0.864. The Morgan fingerprint density at radius 2 is 2.18 bits per heavy atom. The fourth-order valence-corrected chi connectivity index (χ4v) is 3.01. The number of urea groups is 1. The third-order valence-corrected chi connectivity index (χ3v) is 4.15. The van der Waals surface area contributed by atoms with Crippen molar-refractivity contribution in [3.63, 3.8) is 0 Å². The smallest absolute Gasteiger partial charge is 0.326 e. The van der Waals surface area contributed by atoms with E-state index in [4.69, 9.17) is 0 Å². The van der Waals surface area contributed by atoms with Crippen LogP contribution in [0.5, 0.6) is 0 Å². The minimum absolute atomic E-state index is 0.0638. The molecule has 0 aliphatic carbocycles. The van der Waals surface area contributed by atoms with Crippen LogP contribution in [0.3, 0.4) is 0 Å². The molecule has 6 nitrogen and oxygen atoms in total. The summed E-state index contributed by atoms with van der Waals surface area (Å²) < 4.78 is 0. The Morgan fingerprint density at radius 3 is 2.91 bits per heavy atom. The molecule has 1 unspecified atom stereocenters. The van der Waals surface area contributed by atoms with Crippen LogP contribution in [0.1, 0.15) is 31.7 Å². The average Bonchev–Trinajstić information content (AvgIpc) is 3.07. The average molecular weight is 301 g/mol. The van der Waals surface area contributed by atoms with Gasteiger partial charge in [-0.1, -0.05) is 19.1 Å². The predicted octanol–water partition coefficient (Wildman–Crippen LogP) is 1.96. The summed E-state index contributed by atoms with van der Waals surface area (Å²) in [6.07, 6.45) is 2.06. The molecule has 4 amide bonds. The lowest BCUT2D eigenvalue weighted by atomic mass is 10.1. The number of hydrogen-bond donors (Lipinski definition) is 1. The van der Waals surface area contributed by atoms with E-state index in [-0.39, 0.29) is 30.4 Å². The zero-order valence-corrected chi connectivity index (χ0v) is 12.5. The molecular weight excluding hydrogens is 282 g/mol. The van der Waals surface area contributed by atoms with Crippen molar-refractivity contribution in [1.82, 2.24) is 9.80 Å². The maximum Gasteiger partial charge on any atom is 0.327 e. The van der Waals surface area contributed by atoms with Crippen LogP contribution in [0.2, 0.25) is 0 Å². The highest BCUT2D eigenvalue weighted by Crippen LogP contribution is 2.28. The van der Waals surface area contributed by atoms with Crippen LogP contribution in [-0.4, -0.2) is 40.2 Å². The minimum Gasteiger partial charge on any atom is -0.326 e. The minimum atomic E-state index is -0.268. The second kappa shape index (κ2) is 5.79. The van der Waals surface area contributed by atoms with Gasteiger partial charge in [-0.05, 0) is 30.5 Å². The van der Waals surface area contributed by atoms with Crippen molar-refractivity contribution in [2.75, 3.05) is 11.9 Å². The topological polar surface area (TPSA) is 69.7 Å². The van der Waals surface area contributed by atoms with E-state index in [1.165, 1.54) is 4.90 Å². The van der Waals surface area contributed by atoms with Crippen LogP contribution in [0.25, 0.3) is 0 Å². The van der Waals surface area contributed by atoms with Crippen molar-refractivity contribution in [3.8, 4) is 0 Å². The van der Waals surface area contributed by atoms with Gasteiger partial charge in [-0.15, -0.1) is 0 Å². The van der Waals surface area contributed by atoms with Crippen molar-refractivity contribution in [1.29, 1.82) is 0 Å². The Hall–Kier alpha value is -2.37. The Morgan fingerprint density at radius 1 is 1.36 bits per heavy atom. The molecule has 0 aromatic heterocycles. The highest BCUT2D eigenvalue weighted by atomic mass is 16.2. The maximum atomic E-state index is 12.3. The summed E-state index contributed by atoms with van der Waals surface area (Å²) in [6, 6.07) is 6.80. The molecule has 2 fully saturated rings. The molecular formula is C16H19N3O3. The number of hydrogen-bond acceptors (Lipinski definition) is 3. The summed E-state index contributed by atoms with van der Waals surface area (Å²) in [7, 11) is 0. The zero-order chi connectivity index (χ0) is 15.7. The molecule has 6 heteroatoms. The lowest BCUT2D eigenvalue weighted by Crippen LogP contribution is -2.32. The van der Waals surface area contributed by atoms with Crippen LogP contribution in [0.4, 0.5) is 10.5 Å². The first-order valence-electron chi connectivity index (χ1n) is 7.61. The largest absolute Gasteiger partial charge is 0.327 e. The summed E-state index contributed by atoms with van der Waals surface area (Å²) in [5.74, 6) is -0.170. The molecule has 22 heavy (non-hydrogen) atoms. The lowest BCUT2D eigenvalue weighted by molar-refractivity contribution is -0.128. The molecule has 1 N–H and O–H groups in total. The number of benzene rings is 1. The van der Waals surface area contributed by atoms with Crippen molar-refractivity contribution in [2.45, 2.75) is 38.8 Å². The number of carbonyl (C=O) groups excluding carboxylic acids is 3. The van der Waals surface area contributed by atoms with Gasteiger partial charge < -0.3 is 10.2 Å². The molecule has 2 saturated heterocycles. The molecule has 0 spiro atoms. The van der Waals surface area contributed by atoms with Crippen molar-refractivity contribution in [2.24, 2.45) is 0 Å². The molecule has 1 atom stereocenters. The summed E-state index contributed by atoms with van der Waals surface area (Å²) >= 11 is 0. The second-order valence-electron chi connectivity index (χ2n) is 5.66. The van der Waals surface area contributed by atoms with Gasteiger partial charge in [-0.25, -0.2) is 4.79 Å². The van der Waals surface area contributed by atoms with Crippen molar-refractivity contribution < 1.29 is 14.4 Å². The normalized spacial score (nSPS) is 20.5. The third-order valence-electron chi connectivity index (χ3n) is 4.15. The lowest BCUT2D eigenvalue weighted by Gasteiger charge is -2.16. The number of amides is 4. The Balaban J connectivity index is 1.73. The number of rotatable bonds is 4. The van der Waals surface area contributed by atoms with E-state index in [1.54, 1.807) is 24.0 Å². The monoisotopic (exact) mass is 301 g/mol. The first-order chi connectivity index (χ1) is 10.6. The van der Waals surface area contributed by atoms with Crippen LogP contribution in [-0.2, 0) is 16.1 Å². The van der Waals surface area contributed by atoms with Gasteiger partial charge in [-0.2, -0.15) is 0 Å². The van der Waals surface area contributed by atoms with E-state index in [0.29, 0.717) is 18.7 Å². The summed E-state index contributed by atoms with van der Waals surface area (Å²) in [4.78, 5) is 39.0. The maximum absolute atomic E-state index is 12.3. The second-order valence-corrected chi connectivity index (χ2v) is 5.66. The van der Waals surface area contributed by atoms with Crippen molar-refractivity contribution in [3.05, 3.63) is 29.8 Å². The predicted molar refractivity (Wildman–Crippen MR) is 81.0 cm³/mol. The van der Waals surface area contributed by atoms with Gasteiger partial charge in [0, 0.05) is 18.7 Å². The molecule has 116 valence electrons. The van der Waals surface area contributed by atoms with Gasteiger partial charge >= 0.3 is 6.03 Å². The van der Waals surface area contributed by atoms with Gasteiger partial charge in [0.05, 0.1) is 6.54 Å². The summed E-state index contributed by atoms with van der Waals surface area (Å²) in [5, 5.41) is 2.78. The molecule has 3 rings (SSSR count). The van der Waals surface area contributed by atoms with Gasteiger partial charge in [0.15, 0.2) is 0 Å². The first kappa shape index (κ1) is 14.6. The summed E-state index contributed by atoms with van der Waals surface area (Å²) in [5.41, 5.74) is 1.51. The first-order valence-corrected chi connectivity index (χ1v) is 7.61. The van der Waals surface area contributed by atoms with E-state index in [9.17, 15) is 14.4 Å². The number of carbonyl (C=O) groups is 3. The highest BCUT2D eigenvalue weighted by molar-refractivity contribution is 6.04. The SMILES string of the molecule is CCC(=O)Nc1cccc(CN2C(=O)C3CCCN3C2=O)c1. The number of anilines is 1. The van der Waals surface area contributed by atoms with Gasteiger partial charge in [0.25, 0.3) is 5.91 Å². The third kappa shape index (κ3) is 2.56. The Bertz CT molecular complexity index is 607. The van der Waals surface area contributed by atoms with Crippen LogP contribution in [0.15, 0.2) is 24.3 Å². The molecule has 0 radical (unpaired) electrons. The molecule has 0 saturated carbocycles. The molecule has 2 heterocycles. The fourth-order valence-electron chi connectivity index (χ4n) is 3.01. The van der Waals surface area contributed by atoms with E-state index >= 15 is 0 Å². The van der Waals surface area contributed by atoms with E-state index in [0.717, 1.165) is 18.4 Å². The number of imide groups is 1.